The molecule has 0 radical (unpaired) electrons. The number of hydrogen-bond acceptors (Lipinski definition) is 6. The summed E-state index contributed by atoms with van der Waals surface area (Å²) in [7, 11) is 0. The highest BCUT2D eigenvalue weighted by molar-refractivity contribution is 7.15. The molecule has 0 saturated carbocycles. The first-order valence-electron chi connectivity index (χ1n) is 8.45. The molecule has 0 aliphatic carbocycles. The SMILES string of the molecule is O=c1/c(=C/c2ccc(-c3cc(Cl)cc(Cl)c3)o2)sc2nc(-c3ccncc3)nn12. The van der Waals surface area contributed by atoms with E-state index in [-0.39, 0.29) is 5.56 Å². The van der Waals surface area contributed by atoms with Crippen molar-refractivity contribution in [3.8, 4) is 22.7 Å². The zero-order valence-corrected chi connectivity index (χ0v) is 16.9. The minimum Gasteiger partial charge on any atom is -0.457 e. The van der Waals surface area contributed by atoms with Crippen molar-refractivity contribution in [2.75, 3.05) is 0 Å². The van der Waals surface area contributed by atoms with Crippen molar-refractivity contribution in [3.05, 3.63) is 85.5 Å². The van der Waals surface area contributed by atoms with Crippen LogP contribution in [-0.2, 0) is 0 Å². The topological polar surface area (TPSA) is 73.3 Å². The van der Waals surface area contributed by atoms with Gasteiger partial charge in [0.25, 0.3) is 5.56 Å². The minimum atomic E-state index is -0.249. The smallest absolute Gasteiger partial charge is 0.291 e. The van der Waals surface area contributed by atoms with Crippen LogP contribution in [0.1, 0.15) is 5.76 Å². The number of thiazole rings is 1. The molecule has 0 bridgehead atoms. The quantitative estimate of drug-likeness (QED) is 0.417. The molecule has 4 aromatic heterocycles. The first kappa shape index (κ1) is 18.1. The van der Waals surface area contributed by atoms with E-state index < -0.39 is 0 Å². The lowest BCUT2D eigenvalue weighted by Gasteiger charge is -1.99. The van der Waals surface area contributed by atoms with Crippen molar-refractivity contribution in [1.29, 1.82) is 0 Å². The molecule has 5 aromatic rings. The van der Waals surface area contributed by atoms with E-state index in [0.717, 1.165) is 11.1 Å². The van der Waals surface area contributed by atoms with Crippen molar-refractivity contribution >= 4 is 45.6 Å². The second-order valence-electron chi connectivity index (χ2n) is 6.14. The van der Waals surface area contributed by atoms with Crippen LogP contribution in [-0.4, -0.2) is 19.6 Å². The molecule has 0 aliphatic heterocycles. The number of rotatable bonds is 3. The maximum absolute atomic E-state index is 12.7. The van der Waals surface area contributed by atoms with Crippen molar-refractivity contribution < 1.29 is 4.42 Å². The van der Waals surface area contributed by atoms with Gasteiger partial charge in [0.15, 0.2) is 5.82 Å². The van der Waals surface area contributed by atoms with Crippen LogP contribution in [0.3, 0.4) is 0 Å². The molecule has 0 fully saturated rings. The zero-order chi connectivity index (χ0) is 20.0. The largest absolute Gasteiger partial charge is 0.457 e. The number of benzene rings is 1. The highest BCUT2D eigenvalue weighted by atomic mass is 35.5. The lowest BCUT2D eigenvalue weighted by atomic mass is 10.2. The van der Waals surface area contributed by atoms with Crippen LogP contribution in [0.2, 0.25) is 10.0 Å². The van der Waals surface area contributed by atoms with Gasteiger partial charge in [-0.05, 0) is 42.5 Å². The van der Waals surface area contributed by atoms with E-state index in [1.807, 2.05) is 0 Å². The molecule has 1 aromatic carbocycles. The van der Waals surface area contributed by atoms with Gasteiger partial charge < -0.3 is 4.42 Å². The standard InChI is InChI=1S/C20H10Cl2N4O2S/c21-13-7-12(8-14(22)9-13)16-2-1-15(28-16)10-17-19(27)26-20(29-17)24-18(25-26)11-3-5-23-6-4-11/h1-10H/b17-10-. The molecule has 9 heteroatoms. The summed E-state index contributed by atoms with van der Waals surface area (Å²) in [4.78, 5) is 21.6. The number of aromatic nitrogens is 4. The molecule has 0 spiro atoms. The molecule has 0 N–H and O–H groups in total. The number of hydrogen-bond donors (Lipinski definition) is 0. The average molecular weight is 441 g/mol. The number of nitrogens with zero attached hydrogens (tertiary/aromatic N) is 4. The van der Waals surface area contributed by atoms with E-state index in [1.165, 1.54) is 15.9 Å². The van der Waals surface area contributed by atoms with E-state index >= 15 is 0 Å². The summed E-state index contributed by atoms with van der Waals surface area (Å²) >= 11 is 13.4. The summed E-state index contributed by atoms with van der Waals surface area (Å²) in [5, 5.41) is 5.35. The van der Waals surface area contributed by atoms with E-state index in [1.54, 1.807) is 60.9 Å². The number of halogens is 2. The van der Waals surface area contributed by atoms with Crippen molar-refractivity contribution in [2.45, 2.75) is 0 Å². The molecule has 5 rings (SSSR count). The van der Waals surface area contributed by atoms with Gasteiger partial charge in [0.2, 0.25) is 4.96 Å². The van der Waals surface area contributed by atoms with Gasteiger partial charge in [0, 0.05) is 39.6 Å². The van der Waals surface area contributed by atoms with Crippen LogP contribution in [0, 0.1) is 0 Å². The summed E-state index contributed by atoms with van der Waals surface area (Å²) in [6.45, 7) is 0. The second-order valence-corrected chi connectivity index (χ2v) is 8.02. The van der Waals surface area contributed by atoms with Gasteiger partial charge in [-0.3, -0.25) is 9.78 Å². The predicted molar refractivity (Wildman–Crippen MR) is 113 cm³/mol. The Morgan fingerprint density at radius 2 is 1.76 bits per heavy atom. The lowest BCUT2D eigenvalue weighted by molar-refractivity contribution is 0.571. The molecule has 142 valence electrons. The fraction of sp³-hybridized carbons (Fsp3) is 0. The summed E-state index contributed by atoms with van der Waals surface area (Å²) in [6.07, 6.45) is 4.98. The van der Waals surface area contributed by atoms with Gasteiger partial charge in [-0.25, -0.2) is 0 Å². The van der Waals surface area contributed by atoms with E-state index in [9.17, 15) is 4.79 Å². The Morgan fingerprint density at radius 3 is 2.48 bits per heavy atom. The monoisotopic (exact) mass is 440 g/mol. The Kier molecular flexibility index (Phi) is 4.43. The summed E-state index contributed by atoms with van der Waals surface area (Å²) in [5.41, 5.74) is 1.31. The molecule has 0 amide bonds. The Bertz CT molecular complexity index is 1440. The molecule has 6 nitrogen and oxygen atoms in total. The molecule has 29 heavy (non-hydrogen) atoms. The number of furan rings is 1. The third kappa shape index (κ3) is 3.44. The number of fused-ring (bicyclic) bond motifs is 1. The maximum atomic E-state index is 12.7. The van der Waals surface area contributed by atoms with E-state index in [4.69, 9.17) is 27.6 Å². The van der Waals surface area contributed by atoms with Crippen LogP contribution < -0.4 is 10.1 Å². The third-order valence-corrected chi connectivity index (χ3v) is 5.56. The lowest BCUT2D eigenvalue weighted by Crippen LogP contribution is -2.23. The molecule has 0 atom stereocenters. The number of pyridine rings is 1. The Balaban J connectivity index is 1.53. The van der Waals surface area contributed by atoms with Gasteiger partial charge in [-0.2, -0.15) is 9.50 Å². The summed E-state index contributed by atoms with van der Waals surface area (Å²) in [5.74, 6) is 1.63. The first-order valence-corrected chi connectivity index (χ1v) is 10.0. The minimum absolute atomic E-state index is 0.249. The van der Waals surface area contributed by atoms with Crippen LogP contribution in [0.5, 0.6) is 0 Å². The van der Waals surface area contributed by atoms with Gasteiger partial charge in [0.05, 0.1) is 0 Å². The fourth-order valence-electron chi connectivity index (χ4n) is 2.87. The normalized spacial score (nSPS) is 12.1. The third-order valence-electron chi connectivity index (χ3n) is 4.17. The average Bonchev–Trinajstić information content (AvgIpc) is 3.40. The first-order chi connectivity index (χ1) is 14.1. The Hall–Kier alpha value is -3.00. The molecule has 0 unspecified atom stereocenters. The molecular weight excluding hydrogens is 431 g/mol. The van der Waals surface area contributed by atoms with Crippen LogP contribution in [0.4, 0.5) is 0 Å². The van der Waals surface area contributed by atoms with Crippen molar-refractivity contribution in [1.82, 2.24) is 19.6 Å². The Labute approximate surface area is 177 Å². The highest BCUT2D eigenvalue weighted by Gasteiger charge is 2.12. The van der Waals surface area contributed by atoms with Gasteiger partial charge >= 0.3 is 0 Å². The maximum Gasteiger partial charge on any atom is 0.291 e. The van der Waals surface area contributed by atoms with Crippen molar-refractivity contribution in [3.63, 3.8) is 0 Å². The van der Waals surface area contributed by atoms with Gasteiger partial charge in [-0.1, -0.05) is 34.5 Å². The van der Waals surface area contributed by atoms with Crippen LogP contribution in [0.25, 0.3) is 33.7 Å². The Morgan fingerprint density at radius 1 is 1.00 bits per heavy atom. The van der Waals surface area contributed by atoms with Crippen LogP contribution >= 0.6 is 34.5 Å². The van der Waals surface area contributed by atoms with E-state index in [2.05, 4.69) is 15.1 Å². The van der Waals surface area contributed by atoms with E-state index in [0.29, 0.717) is 36.9 Å². The summed E-state index contributed by atoms with van der Waals surface area (Å²) in [6, 6.07) is 12.4. The second kappa shape index (κ2) is 7.11. The molecule has 0 aliphatic rings. The zero-order valence-electron chi connectivity index (χ0n) is 14.5. The molecule has 0 saturated heterocycles. The molecule has 4 heterocycles. The fourth-order valence-corrected chi connectivity index (χ4v) is 4.28. The van der Waals surface area contributed by atoms with Crippen LogP contribution in [0.15, 0.2) is 64.1 Å². The predicted octanol–water partition coefficient (Wildman–Crippen LogP) is 4.33. The van der Waals surface area contributed by atoms with Crippen molar-refractivity contribution in [2.24, 2.45) is 0 Å². The summed E-state index contributed by atoms with van der Waals surface area (Å²) < 4.78 is 7.62. The molecular formula is C20H10Cl2N4O2S. The van der Waals surface area contributed by atoms with Gasteiger partial charge in [-0.15, -0.1) is 5.10 Å². The van der Waals surface area contributed by atoms with Gasteiger partial charge in [0.1, 0.15) is 16.1 Å². The highest BCUT2D eigenvalue weighted by Crippen LogP contribution is 2.28.